The van der Waals surface area contributed by atoms with E-state index in [1.165, 1.54) is 39.2 Å². The molecular weight excluding hydrogens is 282 g/mol. The maximum absolute atomic E-state index is 11.5. The Labute approximate surface area is 134 Å². The molecule has 2 aliphatic rings. The third-order valence-corrected chi connectivity index (χ3v) is 6.97. The molecule has 0 amide bonds. The Morgan fingerprint density at radius 1 is 1.33 bits per heavy atom. The van der Waals surface area contributed by atoms with Gasteiger partial charge in [0.1, 0.15) is 0 Å². The Balaban J connectivity index is 1.90. The average Bonchev–Trinajstić information content (AvgIpc) is 3.19. The minimum Gasteiger partial charge on any atom is -0.469 e. The van der Waals surface area contributed by atoms with Crippen molar-refractivity contribution in [2.24, 2.45) is 10.8 Å². The highest BCUT2D eigenvalue weighted by Gasteiger charge is 2.46. The predicted molar refractivity (Wildman–Crippen MR) is 89.6 cm³/mol. The maximum Gasteiger partial charge on any atom is 0.306 e. The van der Waals surface area contributed by atoms with Crippen LogP contribution < -0.4 is 5.32 Å². The molecule has 0 aliphatic heterocycles. The van der Waals surface area contributed by atoms with Gasteiger partial charge in [-0.05, 0) is 48.8 Å². The zero-order chi connectivity index (χ0) is 15.5. The van der Waals surface area contributed by atoms with Crippen molar-refractivity contribution >= 4 is 17.7 Å². The number of esters is 1. The van der Waals surface area contributed by atoms with Gasteiger partial charge in [0.2, 0.25) is 0 Å². The molecule has 122 valence electrons. The summed E-state index contributed by atoms with van der Waals surface area (Å²) in [7, 11) is 1.50. The van der Waals surface area contributed by atoms with Gasteiger partial charge in [-0.1, -0.05) is 27.2 Å². The molecule has 2 unspecified atom stereocenters. The average molecular weight is 314 g/mol. The summed E-state index contributed by atoms with van der Waals surface area (Å²) in [5.41, 5.74) is 0.626. The van der Waals surface area contributed by atoms with E-state index in [4.69, 9.17) is 4.74 Å². The molecule has 4 heteroatoms. The van der Waals surface area contributed by atoms with Crippen LogP contribution >= 0.6 is 11.8 Å². The summed E-state index contributed by atoms with van der Waals surface area (Å²) in [5, 5.41) is 4.41. The van der Waals surface area contributed by atoms with Crippen LogP contribution in [-0.4, -0.2) is 36.7 Å². The van der Waals surface area contributed by atoms with Crippen LogP contribution in [0.2, 0.25) is 0 Å². The van der Waals surface area contributed by atoms with Crippen LogP contribution in [0.1, 0.15) is 59.3 Å². The van der Waals surface area contributed by atoms with Crippen LogP contribution in [0, 0.1) is 10.8 Å². The van der Waals surface area contributed by atoms with E-state index in [0.717, 1.165) is 12.3 Å². The lowest BCUT2D eigenvalue weighted by molar-refractivity contribution is -0.141. The van der Waals surface area contributed by atoms with Gasteiger partial charge in [0.05, 0.1) is 13.5 Å². The van der Waals surface area contributed by atoms with Gasteiger partial charge >= 0.3 is 5.97 Å². The fraction of sp³-hybridized carbons (Fsp3) is 0.941. The van der Waals surface area contributed by atoms with Gasteiger partial charge in [-0.15, -0.1) is 0 Å². The minimum atomic E-state index is -0.0414. The summed E-state index contributed by atoms with van der Waals surface area (Å²) >= 11 is 2.10. The Kier molecular flexibility index (Phi) is 5.64. The third-order valence-electron chi connectivity index (χ3n) is 5.26. The van der Waals surface area contributed by atoms with E-state index < -0.39 is 0 Å². The van der Waals surface area contributed by atoms with Crippen LogP contribution in [0.25, 0.3) is 0 Å². The van der Waals surface area contributed by atoms with E-state index in [0.29, 0.717) is 23.1 Å². The monoisotopic (exact) mass is 313 g/mol. The molecular formula is C17H31NO2S. The minimum absolute atomic E-state index is 0.0414. The van der Waals surface area contributed by atoms with E-state index >= 15 is 0 Å². The van der Waals surface area contributed by atoms with Crippen LogP contribution in [0.4, 0.5) is 0 Å². The van der Waals surface area contributed by atoms with Gasteiger partial charge in [0, 0.05) is 11.3 Å². The third kappa shape index (κ3) is 4.38. The van der Waals surface area contributed by atoms with Gasteiger partial charge in [-0.25, -0.2) is 0 Å². The molecule has 0 aromatic rings. The number of methoxy groups -OCH3 is 1. The maximum atomic E-state index is 11.5. The van der Waals surface area contributed by atoms with Gasteiger partial charge in [0.25, 0.3) is 0 Å². The number of hydrogen-bond donors (Lipinski definition) is 1. The van der Waals surface area contributed by atoms with Crippen molar-refractivity contribution in [1.29, 1.82) is 0 Å². The standard InChI is InChI=1S/C17H31NO2S/c1-5-18-15-13(7-6-8-16(15,2)3)21-12-17(9-10-17)11-14(19)20-4/h13,15,18H,5-12H2,1-4H3. The lowest BCUT2D eigenvalue weighted by atomic mass is 9.73. The molecule has 2 rings (SSSR count). The van der Waals surface area contributed by atoms with Crippen molar-refractivity contribution in [1.82, 2.24) is 5.32 Å². The predicted octanol–water partition coefficient (Wildman–Crippen LogP) is 3.62. The smallest absolute Gasteiger partial charge is 0.306 e. The molecule has 0 bridgehead atoms. The van der Waals surface area contributed by atoms with Crippen molar-refractivity contribution in [2.75, 3.05) is 19.4 Å². The zero-order valence-corrected chi connectivity index (χ0v) is 14.9. The van der Waals surface area contributed by atoms with Crippen molar-refractivity contribution in [3.05, 3.63) is 0 Å². The number of thioether (sulfide) groups is 1. The molecule has 0 radical (unpaired) electrons. The first kappa shape index (κ1) is 17.1. The van der Waals surface area contributed by atoms with E-state index in [1.807, 2.05) is 0 Å². The number of nitrogens with one attached hydrogen (secondary N) is 1. The largest absolute Gasteiger partial charge is 0.469 e. The van der Waals surface area contributed by atoms with Crippen molar-refractivity contribution in [3.63, 3.8) is 0 Å². The number of ether oxygens (including phenoxy) is 1. The van der Waals surface area contributed by atoms with E-state index in [9.17, 15) is 4.79 Å². The van der Waals surface area contributed by atoms with E-state index in [1.54, 1.807) is 0 Å². The van der Waals surface area contributed by atoms with Crippen LogP contribution in [0.3, 0.4) is 0 Å². The number of rotatable bonds is 7. The van der Waals surface area contributed by atoms with Crippen molar-refractivity contribution in [2.45, 2.75) is 70.6 Å². The fourth-order valence-electron chi connectivity index (χ4n) is 3.60. The normalized spacial score (nSPS) is 29.9. The van der Waals surface area contributed by atoms with E-state index in [2.05, 4.69) is 37.8 Å². The molecule has 0 saturated heterocycles. The second kappa shape index (κ2) is 6.91. The van der Waals surface area contributed by atoms with Crippen molar-refractivity contribution < 1.29 is 9.53 Å². The molecule has 0 heterocycles. The second-order valence-electron chi connectivity index (χ2n) is 7.52. The lowest BCUT2D eigenvalue weighted by Crippen LogP contribution is -2.51. The molecule has 0 aromatic heterocycles. The zero-order valence-electron chi connectivity index (χ0n) is 14.0. The Morgan fingerprint density at radius 2 is 2.05 bits per heavy atom. The molecule has 2 atom stereocenters. The summed E-state index contributed by atoms with van der Waals surface area (Å²) in [6.45, 7) is 8.04. The van der Waals surface area contributed by atoms with E-state index in [-0.39, 0.29) is 11.4 Å². The van der Waals surface area contributed by atoms with Crippen molar-refractivity contribution in [3.8, 4) is 0 Å². The first-order chi connectivity index (χ1) is 9.92. The summed E-state index contributed by atoms with van der Waals surface area (Å²) in [6, 6.07) is 0.593. The fourth-order valence-corrected chi connectivity index (χ4v) is 5.55. The molecule has 0 aromatic carbocycles. The number of carbonyl (C=O) groups is 1. The summed E-state index contributed by atoms with van der Waals surface area (Å²) in [6.07, 6.45) is 6.94. The summed E-state index contributed by atoms with van der Waals surface area (Å²) < 4.78 is 4.85. The van der Waals surface area contributed by atoms with Gasteiger partial charge in [0.15, 0.2) is 0 Å². The Hall–Kier alpha value is -0.220. The van der Waals surface area contributed by atoms with Crippen LogP contribution in [-0.2, 0) is 9.53 Å². The highest BCUT2D eigenvalue weighted by molar-refractivity contribution is 8.00. The lowest BCUT2D eigenvalue weighted by Gasteiger charge is -2.44. The first-order valence-corrected chi connectivity index (χ1v) is 9.39. The SMILES string of the molecule is CCNC1C(SCC2(CC(=O)OC)CC2)CCCC1(C)C. The quantitative estimate of drug-likeness (QED) is 0.729. The molecule has 2 saturated carbocycles. The molecule has 21 heavy (non-hydrogen) atoms. The molecule has 3 nitrogen and oxygen atoms in total. The highest BCUT2D eigenvalue weighted by Crippen LogP contribution is 2.53. The molecule has 1 N–H and O–H groups in total. The summed E-state index contributed by atoms with van der Waals surface area (Å²) in [5.74, 6) is 1.07. The molecule has 2 fully saturated rings. The number of carbonyl (C=O) groups excluding carboxylic acids is 1. The van der Waals surface area contributed by atoms with Gasteiger partial charge < -0.3 is 10.1 Å². The van der Waals surface area contributed by atoms with Gasteiger partial charge in [-0.3, -0.25) is 4.79 Å². The van der Waals surface area contributed by atoms with Crippen LogP contribution in [0.15, 0.2) is 0 Å². The highest BCUT2D eigenvalue weighted by atomic mass is 32.2. The number of hydrogen-bond acceptors (Lipinski definition) is 4. The van der Waals surface area contributed by atoms with Gasteiger partial charge in [-0.2, -0.15) is 11.8 Å². The second-order valence-corrected chi connectivity index (χ2v) is 8.75. The first-order valence-electron chi connectivity index (χ1n) is 8.34. The summed E-state index contributed by atoms with van der Waals surface area (Å²) in [4.78, 5) is 11.5. The topological polar surface area (TPSA) is 38.3 Å². The Morgan fingerprint density at radius 3 is 2.62 bits per heavy atom. The molecule has 0 spiro atoms. The Bertz CT molecular complexity index is 366. The van der Waals surface area contributed by atoms with Crippen LogP contribution in [0.5, 0.6) is 0 Å². The molecule has 2 aliphatic carbocycles.